The molecular formula is C27H26N2O6. The molecule has 4 rings (SSSR count). The zero-order valence-electron chi connectivity index (χ0n) is 19.2. The normalized spacial score (nSPS) is 13.9. The van der Waals surface area contributed by atoms with Crippen LogP contribution in [-0.2, 0) is 16.0 Å². The van der Waals surface area contributed by atoms with Crippen molar-refractivity contribution in [1.82, 2.24) is 5.32 Å². The van der Waals surface area contributed by atoms with Gasteiger partial charge in [0.05, 0.1) is 10.8 Å². The Morgan fingerprint density at radius 2 is 1.57 bits per heavy atom. The van der Waals surface area contributed by atoms with Crippen LogP contribution >= 0.6 is 0 Å². The number of nitro benzene ring substituents is 1. The number of hydrogen-bond donors (Lipinski definition) is 2. The molecule has 0 bridgehead atoms. The van der Waals surface area contributed by atoms with Crippen LogP contribution in [0.4, 0.5) is 10.5 Å². The first-order valence-corrected chi connectivity index (χ1v) is 11.4. The highest BCUT2D eigenvalue weighted by molar-refractivity contribution is 5.79. The standard InChI is InChI=1S/C27H26N2O6/c1-17(26(30)31)14-19(15-18-10-12-20(13-11-18)29(33)34)28-27(32)35-16-25-23-8-4-2-6-21(23)22-7-3-5-9-24(22)25/h2-13,17,19,25H,14-16H2,1H3,(H,28,32)(H,30,31)/t17?,19-/m1/s1. The number of carboxylic acid groups (broad SMARTS) is 1. The molecule has 0 aromatic heterocycles. The molecule has 0 radical (unpaired) electrons. The lowest BCUT2D eigenvalue weighted by atomic mass is 9.96. The number of ether oxygens (including phenoxy) is 1. The van der Waals surface area contributed by atoms with E-state index in [2.05, 4.69) is 17.4 Å². The van der Waals surface area contributed by atoms with Crippen LogP contribution in [0.15, 0.2) is 72.8 Å². The maximum atomic E-state index is 12.7. The third-order valence-electron chi connectivity index (χ3n) is 6.35. The molecule has 180 valence electrons. The van der Waals surface area contributed by atoms with E-state index in [4.69, 9.17) is 4.74 Å². The topological polar surface area (TPSA) is 119 Å². The van der Waals surface area contributed by atoms with Gasteiger partial charge in [-0.1, -0.05) is 67.6 Å². The lowest BCUT2D eigenvalue weighted by molar-refractivity contribution is -0.384. The van der Waals surface area contributed by atoms with E-state index in [0.29, 0.717) is 6.42 Å². The minimum Gasteiger partial charge on any atom is -0.481 e. The van der Waals surface area contributed by atoms with Crippen molar-refractivity contribution >= 4 is 17.7 Å². The Morgan fingerprint density at radius 3 is 2.11 bits per heavy atom. The summed E-state index contributed by atoms with van der Waals surface area (Å²) in [5.41, 5.74) is 5.17. The third-order valence-corrected chi connectivity index (χ3v) is 6.35. The molecule has 0 aliphatic heterocycles. The molecule has 35 heavy (non-hydrogen) atoms. The molecule has 3 aromatic rings. The lowest BCUT2D eigenvalue weighted by Crippen LogP contribution is -2.39. The van der Waals surface area contributed by atoms with Gasteiger partial charge < -0.3 is 15.2 Å². The zero-order valence-corrected chi connectivity index (χ0v) is 19.2. The van der Waals surface area contributed by atoms with Gasteiger partial charge in [-0.25, -0.2) is 4.79 Å². The molecule has 1 unspecified atom stereocenters. The van der Waals surface area contributed by atoms with Crippen LogP contribution in [0.25, 0.3) is 11.1 Å². The fraction of sp³-hybridized carbons (Fsp3) is 0.259. The highest BCUT2D eigenvalue weighted by atomic mass is 16.6. The molecule has 1 amide bonds. The molecule has 1 aliphatic rings. The van der Waals surface area contributed by atoms with E-state index in [-0.39, 0.29) is 24.6 Å². The first-order chi connectivity index (χ1) is 16.8. The van der Waals surface area contributed by atoms with Crippen molar-refractivity contribution < 1.29 is 24.4 Å². The molecule has 2 atom stereocenters. The van der Waals surface area contributed by atoms with Crippen LogP contribution in [0.2, 0.25) is 0 Å². The van der Waals surface area contributed by atoms with E-state index in [9.17, 15) is 24.8 Å². The van der Waals surface area contributed by atoms with Gasteiger partial charge in [-0.2, -0.15) is 0 Å². The van der Waals surface area contributed by atoms with Crippen molar-refractivity contribution in [3.63, 3.8) is 0 Å². The first-order valence-electron chi connectivity index (χ1n) is 11.4. The molecule has 0 fully saturated rings. The second-order valence-electron chi connectivity index (χ2n) is 8.77. The zero-order chi connectivity index (χ0) is 24.9. The second kappa shape index (κ2) is 10.4. The van der Waals surface area contributed by atoms with Gasteiger partial charge in [-0.05, 0) is 40.7 Å². The number of nitrogens with zero attached hydrogens (tertiary/aromatic N) is 1. The van der Waals surface area contributed by atoms with Crippen molar-refractivity contribution in [2.24, 2.45) is 5.92 Å². The first kappa shape index (κ1) is 23.9. The Bertz CT molecular complexity index is 1190. The number of amides is 1. The largest absolute Gasteiger partial charge is 0.481 e. The van der Waals surface area contributed by atoms with E-state index in [1.807, 2.05) is 36.4 Å². The summed E-state index contributed by atoms with van der Waals surface area (Å²) in [4.78, 5) is 34.6. The summed E-state index contributed by atoms with van der Waals surface area (Å²) in [6.45, 7) is 1.73. The number of non-ortho nitro benzene ring substituents is 1. The molecule has 8 heteroatoms. The number of fused-ring (bicyclic) bond motifs is 3. The third kappa shape index (κ3) is 5.48. The van der Waals surface area contributed by atoms with Crippen LogP contribution in [0.1, 0.15) is 36.0 Å². The van der Waals surface area contributed by atoms with Gasteiger partial charge >= 0.3 is 12.1 Å². The van der Waals surface area contributed by atoms with Gasteiger partial charge in [0, 0.05) is 24.1 Å². The number of alkyl carbamates (subject to hydrolysis) is 1. The van der Waals surface area contributed by atoms with Crippen LogP contribution in [-0.4, -0.2) is 34.7 Å². The fourth-order valence-corrected chi connectivity index (χ4v) is 4.57. The second-order valence-corrected chi connectivity index (χ2v) is 8.77. The van der Waals surface area contributed by atoms with Crippen LogP contribution in [0.5, 0.6) is 0 Å². The molecule has 0 spiro atoms. The number of nitro groups is 1. The molecule has 0 saturated carbocycles. The van der Waals surface area contributed by atoms with Crippen molar-refractivity contribution in [3.8, 4) is 11.1 Å². The molecule has 3 aromatic carbocycles. The monoisotopic (exact) mass is 474 g/mol. The maximum absolute atomic E-state index is 12.7. The molecule has 0 saturated heterocycles. The predicted molar refractivity (Wildman–Crippen MR) is 130 cm³/mol. The Balaban J connectivity index is 1.44. The van der Waals surface area contributed by atoms with Crippen molar-refractivity contribution in [3.05, 3.63) is 99.6 Å². The summed E-state index contributed by atoms with van der Waals surface area (Å²) in [6.07, 6.45) is -0.118. The van der Waals surface area contributed by atoms with E-state index in [1.54, 1.807) is 19.1 Å². The lowest BCUT2D eigenvalue weighted by Gasteiger charge is -2.21. The van der Waals surface area contributed by atoms with Gasteiger partial charge in [0.25, 0.3) is 5.69 Å². The average Bonchev–Trinajstić information content (AvgIpc) is 3.16. The predicted octanol–water partition coefficient (Wildman–Crippen LogP) is 5.16. The summed E-state index contributed by atoms with van der Waals surface area (Å²) in [5.74, 6) is -1.74. The number of carboxylic acids is 1. The smallest absolute Gasteiger partial charge is 0.407 e. The Hall–Kier alpha value is -4.20. The van der Waals surface area contributed by atoms with Crippen LogP contribution < -0.4 is 5.32 Å². The number of rotatable bonds is 9. The highest BCUT2D eigenvalue weighted by Crippen LogP contribution is 2.44. The summed E-state index contributed by atoms with van der Waals surface area (Å²) >= 11 is 0. The van der Waals surface area contributed by atoms with E-state index in [1.165, 1.54) is 12.1 Å². The maximum Gasteiger partial charge on any atom is 0.407 e. The van der Waals surface area contributed by atoms with Crippen molar-refractivity contribution in [2.75, 3.05) is 6.61 Å². The van der Waals surface area contributed by atoms with Crippen molar-refractivity contribution in [2.45, 2.75) is 31.7 Å². The number of carbonyl (C=O) groups is 2. The molecule has 0 heterocycles. The Morgan fingerprint density at radius 1 is 1.00 bits per heavy atom. The Labute approximate surface area is 202 Å². The summed E-state index contributed by atoms with van der Waals surface area (Å²) in [5, 5.41) is 23.0. The quantitative estimate of drug-likeness (QED) is 0.327. The van der Waals surface area contributed by atoms with E-state index in [0.717, 1.165) is 27.8 Å². The Kier molecular flexibility index (Phi) is 7.10. The highest BCUT2D eigenvalue weighted by Gasteiger charge is 2.29. The van der Waals surface area contributed by atoms with E-state index < -0.39 is 28.9 Å². The van der Waals surface area contributed by atoms with Gasteiger partial charge in [0.1, 0.15) is 6.61 Å². The number of aliphatic carboxylic acids is 1. The molecule has 1 aliphatic carbocycles. The molecule has 2 N–H and O–H groups in total. The summed E-state index contributed by atoms with van der Waals surface area (Å²) < 4.78 is 5.61. The van der Waals surface area contributed by atoms with Gasteiger partial charge in [-0.15, -0.1) is 0 Å². The minimum absolute atomic E-state index is 0.0336. The number of benzene rings is 3. The van der Waals surface area contributed by atoms with Crippen LogP contribution in [0, 0.1) is 16.0 Å². The molecular weight excluding hydrogens is 448 g/mol. The number of nitrogens with one attached hydrogen (secondary N) is 1. The SMILES string of the molecule is CC(C[C@H](Cc1ccc([N+](=O)[O-])cc1)NC(=O)OCC1c2ccccc2-c2ccccc21)C(=O)O. The fourth-order valence-electron chi connectivity index (χ4n) is 4.57. The van der Waals surface area contributed by atoms with Crippen molar-refractivity contribution in [1.29, 1.82) is 0 Å². The minimum atomic E-state index is -0.965. The summed E-state index contributed by atoms with van der Waals surface area (Å²) in [7, 11) is 0. The van der Waals surface area contributed by atoms with E-state index >= 15 is 0 Å². The van der Waals surface area contributed by atoms with Crippen LogP contribution in [0.3, 0.4) is 0 Å². The summed E-state index contributed by atoms with van der Waals surface area (Å²) in [6, 6.07) is 21.6. The van der Waals surface area contributed by atoms with Gasteiger partial charge in [0.2, 0.25) is 0 Å². The number of carbonyl (C=O) groups excluding carboxylic acids is 1. The number of hydrogen-bond acceptors (Lipinski definition) is 5. The molecule has 8 nitrogen and oxygen atoms in total. The van der Waals surface area contributed by atoms with Gasteiger partial charge in [-0.3, -0.25) is 14.9 Å². The van der Waals surface area contributed by atoms with Gasteiger partial charge in [0.15, 0.2) is 0 Å². The average molecular weight is 475 g/mol.